The lowest BCUT2D eigenvalue weighted by atomic mass is 10.0. The number of fused-ring (bicyclic) bond motifs is 1. The molecule has 16 heavy (non-hydrogen) atoms. The van der Waals surface area contributed by atoms with Crippen molar-refractivity contribution in [1.29, 1.82) is 0 Å². The summed E-state index contributed by atoms with van der Waals surface area (Å²) in [6, 6.07) is 9.05. The minimum atomic E-state index is -4.33. The van der Waals surface area contributed by atoms with Gasteiger partial charge in [0.25, 0.3) is 0 Å². The fourth-order valence-electron chi connectivity index (χ4n) is 1.69. The highest BCUT2D eigenvalue weighted by Crippen LogP contribution is 2.34. The summed E-state index contributed by atoms with van der Waals surface area (Å²) in [7, 11) is 0. The minimum Gasteiger partial charge on any atom is -0.326 e. The van der Waals surface area contributed by atoms with Gasteiger partial charge in [-0.15, -0.1) is 0 Å². The summed E-state index contributed by atoms with van der Waals surface area (Å²) in [5.41, 5.74) is 5.51. The van der Waals surface area contributed by atoms with E-state index < -0.39 is 11.7 Å². The zero-order chi connectivity index (χ0) is 11.8. The molecule has 4 heteroatoms. The molecule has 0 aliphatic carbocycles. The van der Waals surface area contributed by atoms with Gasteiger partial charge in [-0.2, -0.15) is 13.2 Å². The van der Waals surface area contributed by atoms with E-state index in [0.29, 0.717) is 10.9 Å². The van der Waals surface area contributed by atoms with E-state index in [1.807, 2.05) is 0 Å². The lowest BCUT2D eigenvalue weighted by Gasteiger charge is -2.11. The van der Waals surface area contributed by atoms with Crippen LogP contribution in [0.2, 0.25) is 0 Å². The second kappa shape index (κ2) is 3.79. The number of alkyl halides is 3. The summed E-state index contributed by atoms with van der Waals surface area (Å²) in [6.07, 6.45) is -4.33. The van der Waals surface area contributed by atoms with Gasteiger partial charge in [-0.25, -0.2) is 0 Å². The van der Waals surface area contributed by atoms with E-state index in [4.69, 9.17) is 5.73 Å². The van der Waals surface area contributed by atoms with E-state index in [1.54, 1.807) is 18.2 Å². The first-order valence-corrected chi connectivity index (χ1v) is 4.81. The second-order valence-corrected chi connectivity index (χ2v) is 3.56. The average Bonchev–Trinajstić information content (AvgIpc) is 2.26. The molecule has 0 aromatic heterocycles. The van der Waals surface area contributed by atoms with Crippen LogP contribution in [-0.2, 0) is 12.7 Å². The number of halogens is 3. The zero-order valence-corrected chi connectivity index (χ0v) is 8.38. The first-order chi connectivity index (χ1) is 7.52. The normalized spacial score (nSPS) is 12.0. The lowest BCUT2D eigenvalue weighted by Crippen LogP contribution is -2.06. The van der Waals surface area contributed by atoms with Crippen molar-refractivity contribution >= 4 is 10.8 Å². The minimum absolute atomic E-state index is 0.206. The summed E-state index contributed by atoms with van der Waals surface area (Å²) >= 11 is 0. The van der Waals surface area contributed by atoms with Crippen molar-refractivity contribution in [3.8, 4) is 0 Å². The number of rotatable bonds is 1. The van der Waals surface area contributed by atoms with E-state index in [1.165, 1.54) is 12.1 Å². The summed E-state index contributed by atoms with van der Waals surface area (Å²) in [5, 5.41) is 0.782. The monoisotopic (exact) mass is 225 g/mol. The first-order valence-electron chi connectivity index (χ1n) is 4.81. The highest BCUT2D eigenvalue weighted by molar-refractivity contribution is 5.86. The SMILES string of the molecule is NCc1ccc2cccc(C(F)(F)F)c2c1. The molecule has 2 aromatic rings. The second-order valence-electron chi connectivity index (χ2n) is 3.56. The molecule has 2 rings (SSSR count). The predicted molar refractivity (Wildman–Crippen MR) is 56.8 cm³/mol. The molecule has 0 bridgehead atoms. The van der Waals surface area contributed by atoms with Crippen LogP contribution < -0.4 is 5.73 Å². The van der Waals surface area contributed by atoms with Gasteiger partial charge in [-0.1, -0.05) is 24.3 Å². The highest BCUT2D eigenvalue weighted by Gasteiger charge is 2.32. The van der Waals surface area contributed by atoms with Gasteiger partial charge in [0.05, 0.1) is 5.56 Å². The molecule has 0 saturated heterocycles. The third kappa shape index (κ3) is 1.88. The smallest absolute Gasteiger partial charge is 0.326 e. The Bertz CT molecular complexity index is 517. The van der Waals surface area contributed by atoms with Crippen molar-refractivity contribution in [3.05, 3.63) is 47.5 Å². The first kappa shape index (κ1) is 11.0. The van der Waals surface area contributed by atoms with Gasteiger partial charge in [0.1, 0.15) is 0 Å². The maximum atomic E-state index is 12.7. The number of benzene rings is 2. The lowest BCUT2D eigenvalue weighted by molar-refractivity contribution is -0.136. The van der Waals surface area contributed by atoms with Crippen molar-refractivity contribution in [2.45, 2.75) is 12.7 Å². The van der Waals surface area contributed by atoms with Crippen LogP contribution in [0.1, 0.15) is 11.1 Å². The molecule has 0 radical (unpaired) electrons. The molecule has 0 spiro atoms. The van der Waals surface area contributed by atoms with Gasteiger partial charge in [0.15, 0.2) is 0 Å². The van der Waals surface area contributed by atoms with Gasteiger partial charge in [-0.05, 0) is 28.5 Å². The van der Waals surface area contributed by atoms with Gasteiger partial charge >= 0.3 is 6.18 Å². The summed E-state index contributed by atoms with van der Waals surface area (Å²) in [5.74, 6) is 0. The third-order valence-corrected chi connectivity index (χ3v) is 2.49. The molecular weight excluding hydrogens is 215 g/mol. The molecule has 0 aliphatic rings. The van der Waals surface area contributed by atoms with Crippen LogP contribution in [0.4, 0.5) is 13.2 Å². The molecule has 0 heterocycles. The molecule has 84 valence electrons. The largest absolute Gasteiger partial charge is 0.417 e. The van der Waals surface area contributed by atoms with Gasteiger partial charge < -0.3 is 5.73 Å². The Balaban J connectivity index is 2.74. The van der Waals surface area contributed by atoms with Gasteiger partial charge in [-0.3, -0.25) is 0 Å². The Hall–Kier alpha value is -1.55. The van der Waals surface area contributed by atoms with Crippen molar-refractivity contribution < 1.29 is 13.2 Å². The van der Waals surface area contributed by atoms with Crippen molar-refractivity contribution in [1.82, 2.24) is 0 Å². The fourth-order valence-corrected chi connectivity index (χ4v) is 1.69. The molecule has 1 nitrogen and oxygen atoms in total. The summed E-state index contributed by atoms with van der Waals surface area (Å²) in [6.45, 7) is 0.238. The highest BCUT2D eigenvalue weighted by atomic mass is 19.4. The Morgan fingerprint density at radius 1 is 1.06 bits per heavy atom. The maximum absolute atomic E-state index is 12.7. The molecular formula is C12H10F3N. The van der Waals surface area contributed by atoms with E-state index in [0.717, 1.165) is 6.07 Å². The Labute approximate surface area is 90.7 Å². The quantitative estimate of drug-likeness (QED) is 0.791. The average molecular weight is 225 g/mol. The topological polar surface area (TPSA) is 26.0 Å². The van der Waals surface area contributed by atoms with E-state index in [2.05, 4.69) is 0 Å². The van der Waals surface area contributed by atoms with Crippen molar-refractivity contribution in [2.24, 2.45) is 5.73 Å². The van der Waals surface area contributed by atoms with Crippen LogP contribution in [0, 0.1) is 0 Å². The van der Waals surface area contributed by atoms with Crippen LogP contribution in [0.3, 0.4) is 0 Å². The van der Waals surface area contributed by atoms with Crippen molar-refractivity contribution in [3.63, 3.8) is 0 Å². The van der Waals surface area contributed by atoms with E-state index in [-0.39, 0.29) is 11.9 Å². The van der Waals surface area contributed by atoms with Gasteiger partial charge in [0.2, 0.25) is 0 Å². The molecule has 0 aliphatic heterocycles. The zero-order valence-electron chi connectivity index (χ0n) is 8.38. The van der Waals surface area contributed by atoms with Gasteiger partial charge in [0, 0.05) is 6.54 Å². The molecule has 2 N–H and O–H groups in total. The predicted octanol–water partition coefficient (Wildman–Crippen LogP) is 3.32. The molecule has 0 unspecified atom stereocenters. The molecule has 0 saturated carbocycles. The van der Waals surface area contributed by atoms with Crippen LogP contribution in [-0.4, -0.2) is 0 Å². The number of nitrogens with two attached hydrogens (primary N) is 1. The fraction of sp³-hybridized carbons (Fsp3) is 0.167. The Morgan fingerprint density at radius 3 is 2.44 bits per heavy atom. The Morgan fingerprint density at radius 2 is 1.81 bits per heavy atom. The summed E-state index contributed by atoms with van der Waals surface area (Å²) in [4.78, 5) is 0. The van der Waals surface area contributed by atoms with Crippen LogP contribution >= 0.6 is 0 Å². The van der Waals surface area contributed by atoms with E-state index in [9.17, 15) is 13.2 Å². The van der Waals surface area contributed by atoms with Crippen LogP contribution in [0.5, 0.6) is 0 Å². The summed E-state index contributed by atoms with van der Waals surface area (Å²) < 4.78 is 38.2. The molecule has 0 atom stereocenters. The molecule has 0 amide bonds. The van der Waals surface area contributed by atoms with Crippen LogP contribution in [0.15, 0.2) is 36.4 Å². The standard InChI is InChI=1S/C12H10F3N/c13-12(14,15)11-3-1-2-9-5-4-8(7-16)6-10(9)11/h1-6H,7,16H2. The Kier molecular flexibility index (Phi) is 2.59. The molecule has 2 aromatic carbocycles. The number of hydrogen-bond acceptors (Lipinski definition) is 1. The maximum Gasteiger partial charge on any atom is 0.417 e. The molecule has 0 fully saturated rings. The number of hydrogen-bond donors (Lipinski definition) is 1. The van der Waals surface area contributed by atoms with Crippen molar-refractivity contribution in [2.75, 3.05) is 0 Å². The third-order valence-electron chi connectivity index (χ3n) is 2.49. The van der Waals surface area contributed by atoms with Crippen LogP contribution in [0.25, 0.3) is 10.8 Å². The van der Waals surface area contributed by atoms with E-state index >= 15 is 0 Å².